The Hall–Kier alpha value is -1.80. The molecule has 0 unspecified atom stereocenters. The summed E-state index contributed by atoms with van der Waals surface area (Å²) in [4.78, 5) is 14.7. The Morgan fingerprint density at radius 1 is 1.32 bits per heavy atom. The minimum atomic E-state index is -0.379. The molecule has 0 bridgehead atoms. The molecule has 2 fully saturated rings. The molecule has 2 aliphatic carbocycles. The van der Waals surface area contributed by atoms with Gasteiger partial charge in [0, 0.05) is 0 Å². The molecule has 0 aliphatic heterocycles. The minimum Gasteiger partial charge on any atom is -0.493 e. The van der Waals surface area contributed by atoms with Crippen LogP contribution in [0.25, 0.3) is 0 Å². The second kappa shape index (κ2) is 4.71. The molecule has 2 saturated carbocycles. The molecule has 0 atom stereocenters. The molecule has 100 valence electrons. The van der Waals surface area contributed by atoms with Crippen LogP contribution in [0.3, 0.4) is 0 Å². The summed E-state index contributed by atoms with van der Waals surface area (Å²) in [5.74, 6) is 1.50. The molecule has 1 aromatic carbocycles. The van der Waals surface area contributed by atoms with E-state index in [-0.39, 0.29) is 5.54 Å². The summed E-state index contributed by atoms with van der Waals surface area (Å²) in [6, 6.07) is 5.84. The molecule has 0 radical (unpaired) electrons. The van der Waals surface area contributed by atoms with Crippen molar-refractivity contribution >= 4 is 6.08 Å². The molecule has 2 aliphatic rings. The number of carbonyl (C=O) groups excluding carboxylic acids is 1. The van der Waals surface area contributed by atoms with Gasteiger partial charge in [-0.15, -0.1) is 0 Å². The van der Waals surface area contributed by atoms with Crippen molar-refractivity contribution in [1.82, 2.24) is 0 Å². The number of nitrogens with zero attached hydrogens (tertiary/aromatic N) is 1. The average molecular weight is 259 g/mol. The molecule has 1 aromatic rings. The fourth-order valence-electron chi connectivity index (χ4n) is 2.49. The maximum absolute atomic E-state index is 10.6. The van der Waals surface area contributed by atoms with Crippen LogP contribution >= 0.6 is 0 Å². The lowest BCUT2D eigenvalue weighted by Gasteiger charge is -2.37. The van der Waals surface area contributed by atoms with Crippen molar-refractivity contribution in [1.29, 1.82) is 0 Å². The molecule has 0 saturated heterocycles. The van der Waals surface area contributed by atoms with E-state index in [9.17, 15) is 4.79 Å². The standard InChI is InChI=1S/C15H17NO3/c1-18-13-6-3-11(9-14(13)19-12-4-5-12)15(16-10-17)7-2-8-15/h3,6,9,12H,2,4-5,7-8H2,1H3. The van der Waals surface area contributed by atoms with Gasteiger partial charge < -0.3 is 9.47 Å². The molecular weight excluding hydrogens is 242 g/mol. The van der Waals surface area contributed by atoms with Gasteiger partial charge in [-0.05, 0) is 49.8 Å². The van der Waals surface area contributed by atoms with Gasteiger partial charge in [0.25, 0.3) is 0 Å². The van der Waals surface area contributed by atoms with E-state index >= 15 is 0 Å². The van der Waals surface area contributed by atoms with E-state index in [1.165, 1.54) is 0 Å². The largest absolute Gasteiger partial charge is 0.493 e. The van der Waals surface area contributed by atoms with Crippen molar-refractivity contribution in [2.45, 2.75) is 43.7 Å². The molecule has 0 amide bonds. The van der Waals surface area contributed by atoms with Crippen LogP contribution in [-0.4, -0.2) is 19.3 Å². The number of methoxy groups -OCH3 is 1. The third-order valence-corrected chi connectivity index (χ3v) is 3.96. The van der Waals surface area contributed by atoms with Crippen LogP contribution in [0.15, 0.2) is 23.2 Å². The predicted molar refractivity (Wildman–Crippen MR) is 70.3 cm³/mol. The van der Waals surface area contributed by atoms with E-state index in [0.717, 1.165) is 49.2 Å². The third-order valence-electron chi connectivity index (χ3n) is 3.96. The molecule has 4 heteroatoms. The summed E-state index contributed by atoms with van der Waals surface area (Å²) in [7, 11) is 1.64. The van der Waals surface area contributed by atoms with Crippen LogP contribution < -0.4 is 9.47 Å². The molecule has 0 spiro atoms. The second-order valence-electron chi connectivity index (χ2n) is 5.27. The van der Waals surface area contributed by atoms with E-state index < -0.39 is 0 Å². The van der Waals surface area contributed by atoms with Crippen molar-refractivity contribution in [2.75, 3.05) is 7.11 Å². The lowest BCUT2D eigenvalue weighted by molar-refractivity contribution is 0.250. The first-order valence-corrected chi connectivity index (χ1v) is 6.72. The Kier molecular flexibility index (Phi) is 3.03. The van der Waals surface area contributed by atoms with Crippen LogP contribution in [0.5, 0.6) is 11.5 Å². The second-order valence-corrected chi connectivity index (χ2v) is 5.27. The topological polar surface area (TPSA) is 47.9 Å². The minimum absolute atomic E-state index is 0.316. The maximum atomic E-state index is 10.6. The number of hydrogen-bond donors (Lipinski definition) is 0. The summed E-state index contributed by atoms with van der Waals surface area (Å²) in [6.45, 7) is 0. The Balaban J connectivity index is 1.95. The van der Waals surface area contributed by atoms with Gasteiger partial charge >= 0.3 is 0 Å². The lowest BCUT2D eigenvalue weighted by Crippen LogP contribution is -2.31. The zero-order valence-corrected chi connectivity index (χ0v) is 11.0. The van der Waals surface area contributed by atoms with Crippen LogP contribution in [0.4, 0.5) is 0 Å². The molecular formula is C15H17NO3. The number of rotatable bonds is 5. The zero-order valence-electron chi connectivity index (χ0n) is 11.0. The summed E-state index contributed by atoms with van der Waals surface area (Å²) in [5.41, 5.74) is 0.647. The van der Waals surface area contributed by atoms with Gasteiger partial charge in [0.2, 0.25) is 6.08 Å². The predicted octanol–water partition coefficient (Wildman–Crippen LogP) is 2.95. The van der Waals surface area contributed by atoms with E-state index in [1.807, 2.05) is 18.2 Å². The summed E-state index contributed by atoms with van der Waals surface area (Å²) in [5, 5.41) is 0. The molecule has 4 nitrogen and oxygen atoms in total. The summed E-state index contributed by atoms with van der Waals surface area (Å²) < 4.78 is 11.2. The fraction of sp³-hybridized carbons (Fsp3) is 0.533. The van der Waals surface area contributed by atoms with Gasteiger partial charge in [0.15, 0.2) is 11.5 Å². The maximum Gasteiger partial charge on any atom is 0.235 e. The number of isocyanates is 1. The first-order chi connectivity index (χ1) is 9.27. The van der Waals surface area contributed by atoms with Crippen LogP contribution in [-0.2, 0) is 10.3 Å². The zero-order chi connectivity index (χ0) is 13.3. The van der Waals surface area contributed by atoms with Gasteiger partial charge in [-0.2, -0.15) is 4.99 Å². The highest BCUT2D eigenvalue weighted by atomic mass is 16.5. The molecule has 0 N–H and O–H groups in total. The van der Waals surface area contributed by atoms with E-state index in [0.29, 0.717) is 6.10 Å². The highest BCUT2D eigenvalue weighted by molar-refractivity contribution is 5.47. The third kappa shape index (κ3) is 2.24. The monoisotopic (exact) mass is 259 g/mol. The van der Waals surface area contributed by atoms with Gasteiger partial charge in [-0.3, -0.25) is 0 Å². The van der Waals surface area contributed by atoms with Crippen LogP contribution in [0, 0.1) is 0 Å². The van der Waals surface area contributed by atoms with Crippen molar-refractivity contribution in [2.24, 2.45) is 4.99 Å². The number of aliphatic imine (C=N–C) groups is 1. The van der Waals surface area contributed by atoms with Gasteiger partial charge in [0.1, 0.15) is 0 Å². The highest BCUT2D eigenvalue weighted by Crippen LogP contribution is 2.47. The molecule has 3 rings (SSSR count). The normalized spacial score (nSPS) is 20.1. The Morgan fingerprint density at radius 2 is 2.11 bits per heavy atom. The Morgan fingerprint density at radius 3 is 2.63 bits per heavy atom. The number of hydrogen-bond acceptors (Lipinski definition) is 4. The van der Waals surface area contributed by atoms with Gasteiger partial charge in [0.05, 0.1) is 18.8 Å². The quantitative estimate of drug-likeness (QED) is 0.603. The highest BCUT2D eigenvalue weighted by Gasteiger charge is 2.39. The van der Waals surface area contributed by atoms with Gasteiger partial charge in [-0.1, -0.05) is 6.07 Å². The Bertz CT molecular complexity index is 526. The van der Waals surface area contributed by atoms with Crippen molar-refractivity contribution in [3.8, 4) is 11.5 Å². The van der Waals surface area contributed by atoms with E-state index in [4.69, 9.17) is 9.47 Å². The van der Waals surface area contributed by atoms with E-state index in [2.05, 4.69) is 4.99 Å². The molecule has 0 aromatic heterocycles. The summed E-state index contributed by atoms with van der Waals surface area (Å²) >= 11 is 0. The first-order valence-electron chi connectivity index (χ1n) is 6.72. The number of benzene rings is 1. The SMILES string of the molecule is COc1ccc(C2(N=C=O)CCC2)cc1OC1CC1. The average Bonchev–Trinajstić information content (AvgIpc) is 3.18. The molecule has 0 heterocycles. The smallest absolute Gasteiger partial charge is 0.235 e. The van der Waals surface area contributed by atoms with Gasteiger partial charge in [-0.25, -0.2) is 4.79 Å². The lowest BCUT2D eigenvalue weighted by atomic mass is 9.72. The van der Waals surface area contributed by atoms with Crippen LogP contribution in [0.1, 0.15) is 37.7 Å². The molecule has 19 heavy (non-hydrogen) atoms. The van der Waals surface area contributed by atoms with Crippen LogP contribution in [0.2, 0.25) is 0 Å². The Labute approximate surface area is 112 Å². The number of ether oxygens (including phenoxy) is 2. The van der Waals surface area contributed by atoms with E-state index in [1.54, 1.807) is 13.2 Å². The van der Waals surface area contributed by atoms with Crippen molar-refractivity contribution < 1.29 is 14.3 Å². The fourth-order valence-corrected chi connectivity index (χ4v) is 2.49. The van der Waals surface area contributed by atoms with Crippen molar-refractivity contribution in [3.63, 3.8) is 0 Å². The van der Waals surface area contributed by atoms with Crippen molar-refractivity contribution in [3.05, 3.63) is 23.8 Å². The first kappa shape index (κ1) is 12.2. The summed E-state index contributed by atoms with van der Waals surface area (Å²) in [6.07, 6.45) is 7.13.